The maximum Gasteiger partial charge on any atom is 0.145 e. The minimum Gasteiger partial charge on any atom is -0.298 e. The van der Waals surface area contributed by atoms with Crippen molar-refractivity contribution >= 4 is 5.78 Å². The summed E-state index contributed by atoms with van der Waals surface area (Å²) in [7, 11) is 0. The second-order valence-corrected chi connectivity index (χ2v) is 13.7. The van der Waals surface area contributed by atoms with Gasteiger partial charge in [0.25, 0.3) is 0 Å². The Morgan fingerprint density at radius 3 is 1.53 bits per heavy atom. The fourth-order valence-electron chi connectivity index (χ4n) is 9.10. The van der Waals surface area contributed by atoms with Gasteiger partial charge in [-0.25, -0.2) is 0 Å². The van der Waals surface area contributed by atoms with Gasteiger partial charge in [-0.3, -0.25) is 4.79 Å². The number of unbranched alkanes of at least 4 members (excludes halogenated alkanes) is 7. The van der Waals surface area contributed by atoms with Crippen LogP contribution in [-0.2, 0) is 4.79 Å². The Balaban J connectivity index is 1.13. The first-order chi connectivity index (χ1) is 16.6. The van der Waals surface area contributed by atoms with Crippen LogP contribution in [0, 0.1) is 34.5 Å². The van der Waals surface area contributed by atoms with E-state index in [1.54, 1.807) is 0 Å². The molecule has 34 heavy (non-hydrogen) atoms. The quantitative estimate of drug-likeness (QED) is 0.259. The minimum atomic E-state index is 0.139. The zero-order chi connectivity index (χ0) is 23.9. The molecule has 0 aliphatic heterocycles. The summed E-state index contributed by atoms with van der Waals surface area (Å²) >= 11 is 0. The van der Waals surface area contributed by atoms with Crippen molar-refractivity contribution in [1.29, 1.82) is 0 Å². The molecule has 0 aromatic rings. The van der Waals surface area contributed by atoms with E-state index in [0.717, 1.165) is 29.5 Å². The van der Waals surface area contributed by atoms with Crippen LogP contribution in [0.2, 0.25) is 0 Å². The summed E-state index contributed by atoms with van der Waals surface area (Å²) in [4.78, 5) is 13.6. The highest BCUT2D eigenvalue weighted by molar-refractivity contribution is 5.96. The predicted molar refractivity (Wildman–Crippen MR) is 146 cm³/mol. The van der Waals surface area contributed by atoms with Gasteiger partial charge in [0, 0.05) is 10.8 Å². The average molecular weight is 471 g/mol. The smallest absolute Gasteiger partial charge is 0.145 e. The van der Waals surface area contributed by atoms with Crippen LogP contribution in [0.25, 0.3) is 0 Å². The molecule has 0 heterocycles. The third-order valence-electron chi connectivity index (χ3n) is 11.4. The van der Waals surface area contributed by atoms with Crippen LogP contribution in [0.4, 0.5) is 0 Å². The first-order valence-electron chi connectivity index (χ1n) is 16.2. The lowest BCUT2D eigenvalue weighted by atomic mass is 9.42. The Morgan fingerprint density at radius 2 is 1.00 bits per heavy atom. The van der Waals surface area contributed by atoms with Crippen LogP contribution in [-0.4, -0.2) is 5.78 Å². The summed E-state index contributed by atoms with van der Waals surface area (Å²) in [6.07, 6.45) is 33.4. The molecule has 0 radical (unpaired) electrons. The SMILES string of the molecule is CCCCCCCC1CCC([C@H]2CC[C@]3(CC2)C[C@@]2(CCC(CCCCCC)CC2)C3=O)CC1. The van der Waals surface area contributed by atoms with Crippen molar-refractivity contribution in [3.63, 3.8) is 0 Å². The summed E-state index contributed by atoms with van der Waals surface area (Å²) in [6, 6.07) is 0. The van der Waals surface area contributed by atoms with Crippen LogP contribution in [0.3, 0.4) is 0 Å². The number of carbonyl (C=O) groups is 1. The summed E-state index contributed by atoms with van der Waals surface area (Å²) in [6.45, 7) is 4.62. The Bertz CT molecular complexity index is 596. The van der Waals surface area contributed by atoms with Crippen molar-refractivity contribution in [1.82, 2.24) is 0 Å². The molecule has 4 fully saturated rings. The lowest BCUT2D eigenvalue weighted by Gasteiger charge is -2.59. The van der Waals surface area contributed by atoms with E-state index in [4.69, 9.17) is 0 Å². The van der Waals surface area contributed by atoms with Crippen LogP contribution in [0.15, 0.2) is 0 Å². The van der Waals surface area contributed by atoms with Gasteiger partial charge in [0.15, 0.2) is 0 Å². The van der Waals surface area contributed by atoms with Gasteiger partial charge in [-0.2, -0.15) is 0 Å². The van der Waals surface area contributed by atoms with Gasteiger partial charge in [0.2, 0.25) is 0 Å². The van der Waals surface area contributed by atoms with Gasteiger partial charge in [-0.15, -0.1) is 0 Å². The van der Waals surface area contributed by atoms with Crippen LogP contribution in [0.5, 0.6) is 0 Å². The van der Waals surface area contributed by atoms with Gasteiger partial charge in [0.1, 0.15) is 5.78 Å². The highest BCUT2D eigenvalue weighted by Crippen LogP contribution is 2.64. The molecular formula is C33H58O. The van der Waals surface area contributed by atoms with E-state index in [1.807, 2.05) is 0 Å². The summed E-state index contributed by atoms with van der Waals surface area (Å²) in [5.41, 5.74) is 0.280. The standard InChI is InChI=1S/C33H58O/c1-3-5-7-9-11-12-27-14-16-29(17-15-27)30-20-24-33(25-21-30)26-32(31(33)34)22-18-28(19-23-32)13-10-8-6-4-2/h27-30H,3-26H2,1-2H3/t27?,28?,29?,30-,32-,33-. The number of ketones is 1. The summed E-state index contributed by atoms with van der Waals surface area (Å²) in [5.74, 6) is 4.63. The van der Waals surface area contributed by atoms with E-state index < -0.39 is 0 Å². The fourth-order valence-corrected chi connectivity index (χ4v) is 9.10. The molecule has 2 spiro atoms. The molecule has 0 atom stereocenters. The normalized spacial score (nSPS) is 38.4. The largest absolute Gasteiger partial charge is 0.298 e. The van der Waals surface area contributed by atoms with Crippen LogP contribution in [0.1, 0.15) is 168 Å². The first kappa shape index (κ1) is 26.7. The lowest BCUT2D eigenvalue weighted by molar-refractivity contribution is -0.169. The molecule has 196 valence electrons. The highest BCUT2D eigenvalue weighted by atomic mass is 16.1. The summed E-state index contributed by atoms with van der Waals surface area (Å²) in [5, 5.41) is 0. The Hall–Kier alpha value is -0.330. The predicted octanol–water partition coefficient (Wildman–Crippen LogP) is 10.4. The second kappa shape index (κ2) is 12.8. The maximum absolute atomic E-state index is 13.6. The van der Waals surface area contributed by atoms with E-state index in [9.17, 15) is 4.79 Å². The Morgan fingerprint density at radius 1 is 0.559 bits per heavy atom. The van der Waals surface area contributed by atoms with E-state index in [2.05, 4.69) is 13.8 Å². The number of hydrogen-bond acceptors (Lipinski definition) is 1. The van der Waals surface area contributed by atoms with E-state index in [1.165, 1.54) is 154 Å². The topological polar surface area (TPSA) is 17.1 Å². The zero-order valence-corrected chi connectivity index (χ0v) is 23.2. The molecule has 4 saturated carbocycles. The zero-order valence-electron chi connectivity index (χ0n) is 23.2. The van der Waals surface area contributed by atoms with Crippen molar-refractivity contribution < 1.29 is 4.79 Å². The second-order valence-electron chi connectivity index (χ2n) is 13.7. The van der Waals surface area contributed by atoms with Crippen molar-refractivity contribution in [3.05, 3.63) is 0 Å². The molecule has 0 aromatic heterocycles. The van der Waals surface area contributed by atoms with Gasteiger partial charge in [-0.1, -0.05) is 97.3 Å². The van der Waals surface area contributed by atoms with Gasteiger partial charge in [-0.05, 0) is 94.3 Å². The molecule has 0 aromatic carbocycles. The third-order valence-corrected chi connectivity index (χ3v) is 11.4. The van der Waals surface area contributed by atoms with Crippen LogP contribution < -0.4 is 0 Å². The monoisotopic (exact) mass is 470 g/mol. The molecule has 0 unspecified atom stereocenters. The molecule has 0 bridgehead atoms. The molecule has 1 heteroatoms. The molecule has 4 aliphatic carbocycles. The summed E-state index contributed by atoms with van der Waals surface area (Å²) < 4.78 is 0. The number of carbonyl (C=O) groups excluding carboxylic acids is 1. The lowest BCUT2D eigenvalue weighted by Crippen LogP contribution is -2.59. The van der Waals surface area contributed by atoms with E-state index >= 15 is 0 Å². The van der Waals surface area contributed by atoms with Crippen molar-refractivity contribution in [2.45, 2.75) is 168 Å². The maximum atomic E-state index is 13.6. The Labute approximate surface area is 213 Å². The molecule has 4 aliphatic rings. The minimum absolute atomic E-state index is 0.139. The molecule has 0 amide bonds. The van der Waals surface area contributed by atoms with Crippen molar-refractivity contribution in [2.24, 2.45) is 34.5 Å². The van der Waals surface area contributed by atoms with E-state index in [-0.39, 0.29) is 10.8 Å². The van der Waals surface area contributed by atoms with Gasteiger partial charge in [0.05, 0.1) is 0 Å². The van der Waals surface area contributed by atoms with Gasteiger partial charge < -0.3 is 0 Å². The molecule has 0 saturated heterocycles. The highest BCUT2D eigenvalue weighted by Gasteiger charge is 2.63. The number of rotatable bonds is 12. The molecule has 4 rings (SSSR count). The fraction of sp³-hybridized carbons (Fsp3) is 0.970. The first-order valence-corrected chi connectivity index (χ1v) is 16.2. The average Bonchev–Trinajstić information content (AvgIpc) is 2.88. The van der Waals surface area contributed by atoms with Crippen molar-refractivity contribution in [3.8, 4) is 0 Å². The van der Waals surface area contributed by atoms with Crippen molar-refractivity contribution in [2.75, 3.05) is 0 Å². The molecule has 0 N–H and O–H groups in total. The van der Waals surface area contributed by atoms with Gasteiger partial charge >= 0.3 is 0 Å². The number of hydrogen-bond donors (Lipinski definition) is 0. The molecular weight excluding hydrogens is 412 g/mol. The third kappa shape index (κ3) is 6.32. The molecule has 1 nitrogen and oxygen atoms in total. The van der Waals surface area contributed by atoms with E-state index in [0.29, 0.717) is 0 Å². The number of Topliss-reactive ketones (excluding diaryl/α,β-unsaturated/α-hetero) is 1. The van der Waals surface area contributed by atoms with Crippen LogP contribution >= 0.6 is 0 Å². The Kier molecular flexibility index (Phi) is 10.0.